The predicted molar refractivity (Wildman–Crippen MR) is 131 cm³/mol. The molecule has 2 fully saturated rings. The van der Waals surface area contributed by atoms with Crippen molar-refractivity contribution in [3.8, 4) is 11.4 Å². The molecule has 2 amide bonds. The van der Waals surface area contributed by atoms with E-state index in [1.807, 2.05) is 7.05 Å². The number of ether oxygens (including phenoxy) is 1. The molecule has 3 heterocycles. The third-order valence-corrected chi connectivity index (χ3v) is 7.10. The molecular weight excluding hydrogens is 448 g/mol. The lowest BCUT2D eigenvalue weighted by Crippen LogP contribution is -2.52. The molecule has 0 atom stereocenters. The monoisotopic (exact) mass is 482 g/mol. The summed E-state index contributed by atoms with van der Waals surface area (Å²) in [5, 5.41) is 8.76. The molecule has 0 bridgehead atoms. The number of primary amides is 1. The number of aromatic nitrogens is 2. The van der Waals surface area contributed by atoms with E-state index in [-0.39, 0.29) is 11.6 Å². The first-order valence-electron chi connectivity index (χ1n) is 12.2. The number of carbonyl (C=O) groups is 3. The van der Waals surface area contributed by atoms with Crippen molar-refractivity contribution in [1.82, 2.24) is 24.7 Å². The fraction of sp³-hybridized carbons (Fsp3) is 0.520. The molecule has 35 heavy (non-hydrogen) atoms. The predicted octanol–water partition coefficient (Wildman–Crippen LogP) is 1.66. The van der Waals surface area contributed by atoms with Crippen LogP contribution in [0.25, 0.3) is 5.69 Å². The zero-order valence-electron chi connectivity index (χ0n) is 20.5. The second-order valence-corrected chi connectivity index (χ2v) is 9.16. The van der Waals surface area contributed by atoms with Gasteiger partial charge in [0.05, 0.1) is 12.8 Å². The van der Waals surface area contributed by atoms with Gasteiger partial charge in [-0.3, -0.25) is 14.4 Å². The van der Waals surface area contributed by atoms with Gasteiger partial charge in [-0.2, -0.15) is 5.10 Å². The lowest BCUT2D eigenvalue weighted by Gasteiger charge is -2.42. The Morgan fingerprint density at radius 2 is 1.91 bits per heavy atom. The van der Waals surface area contributed by atoms with Gasteiger partial charge in [-0.1, -0.05) is 0 Å². The molecule has 1 aromatic carbocycles. The summed E-state index contributed by atoms with van der Waals surface area (Å²) >= 11 is 0. The van der Waals surface area contributed by atoms with Gasteiger partial charge in [0.15, 0.2) is 12.0 Å². The number of hydrogen-bond donors (Lipinski definition) is 1. The van der Waals surface area contributed by atoms with E-state index in [1.165, 1.54) is 4.68 Å². The SMILES string of the molecule is COc1ccc(-n2nc(C(N)=O)c(CCN(C)N3CCC(N4CCCCC4=O)CC3)c2C=O)cc1. The van der Waals surface area contributed by atoms with E-state index in [4.69, 9.17) is 10.5 Å². The van der Waals surface area contributed by atoms with Gasteiger partial charge in [-0.05, 0) is 56.4 Å². The molecule has 188 valence electrons. The molecule has 0 saturated carbocycles. The van der Waals surface area contributed by atoms with Gasteiger partial charge in [0.2, 0.25) is 5.91 Å². The number of hydrogen-bond acceptors (Lipinski definition) is 7. The Balaban J connectivity index is 1.43. The summed E-state index contributed by atoms with van der Waals surface area (Å²) in [6.07, 6.45) is 5.82. The number of piperidine rings is 2. The smallest absolute Gasteiger partial charge is 0.269 e. The first-order valence-corrected chi connectivity index (χ1v) is 12.2. The van der Waals surface area contributed by atoms with Crippen molar-refractivity contribution in [2.45, 2.75) is 44.6 Å². The van der Waals surface area contributed by atoms with E-state index >= 15 is 0 Å². The Hall–Kier alpha value is -3.24. The van der Waals surface area contributed by atoms with Crippen molar-refractivity contribution in [1.29, 1.82) is 0 Å². The van der Waals surface area contributed by atoms with E-state index in [1.54, 1.807) is 31.4 Å². The second kappa shape index (κ2) is 11.0. The average molecular weight is 483 g/mol. The zero-order valence-corrected chi connectivity index (χ0v) is 20.5. The van der Waals surface area contributed by atoms with Crippen LogP contribution in [0.4, 0.5) is 0 Å². The molecule has 10 heteroatoms. The maximum absolute atomic E-state index is 12.3. The maximum Gasteiger partial charge on any atom is 0.269 e. The fourth-order valence-corrected chi connectivity index (χ4v) is 5.08. The Morgan fingerprint density at radius 3 is 2.51 bits per heavy atom. The molecule has 0 aliphatic carbocycles. The van der Waals surface area contributed by atoms with Crippen LogP contribution in [0.3, 0.4) is 0 Å². The molecule has 0 spiro atoms. The Morgan fingerprint density at radius 1 is 1.20 bits per heavy atom. The van der Waals surface area contributed by atoms with Crippen molar-refractivity contribution >= 4 is 18.1 Å². The summed E-state index contributed by atoms with van der Waals surface area (Å²) in [5.74, 6) is 0.307. The van der Waals surface area contributed by atoms with Crippen molar-refractivity contribution < 1.29 is 19.1 Å². The van der Waals surface area contributed by atoms with Crippen LogP contribution in [0.2, 0.25) is 0 Å². The van der Waals surface area contributed by atoms with E-state index in [2.05, 4.69) is 20.0 Å². The van der Waals surface area contributed by atoms with Crippen LogP contribution in [0.5, 0.6) is 5.75 Å². The Labute approximate surface area is 205 Å². The van der Waals surface area contributed by atoms with E-state index in [9.17, 15) is 14.4 Å². The van der Waals surface area contributed by atoms with Crippen LogP contribution in [-0.4, -0.2) is 89.2 Å². The number of likely N-dealkylation sites (tertiary alicyclic amines) is 1. The summed E-state index contributed by atoms with van der Waals surface area (Å²) in [5.41, 5.74) is 7.23. The summed E-state index contributed by atoms with van der Waals surface area (Å²) in [6, 6.07) is 7.40. The van der Waals surface area contributed by atoms with Gasteiger partial charge in [0.1, 0.15) is 11.4 Å². The van der Waals surface area contributed by atoms with Crippen molar-refractivity contribution in [2.75, 3.05) is 40.3 Å². The highest BCUT2D eigenvalue weighted by Gasteiger charge is 2.30. The molecule has 0 unspecified atom stereocenters. The molecule has 4 rings (SSSR count). The van der Waals surface area contributed by atoms with E-state index in [0.29, 0.717) is 48.1 Å². The van der Waals surface area contributed by atoms with E-state index in [0.717, 1.165) is 51.6 Å². The number of nitrogens with zero attached hydrogens (tertiary/aromatic N) is 5. The zero-order chi connectivity index (χ0) is 24.9. The van der Waals surface area contributed by atoms with Crippen LogP contribution >= 0.6 is 0 Å². The molecule has 2 saturated heterocycles. The van der Waals surface area contributed by atoms with E-state index < -0.39 is 5.91 Å². The number of rotatable bonds is 9. The number of likely N-dealkylation sites (N-methyl/N-ethyl adjacent to an activating group) is 1. The Kier molecular flexibility index (Phi) is 7.82. The lowest BCUT2D eigenvalue weighted by atomic mass is 10.0. The van der Waals surface area contributed by atoms with Crippen LogP contribution in [-0.2, 0) is 11.2 Å². The fourth-order valence-electron chi connectivity index (χ4n) is 5.08. The van der Waals surface area contributed by atoms with Gasteiger partial charge < -0.3 is 15.4 Å². The average Bonchev–Trinajstić information content (AvgIpc) is 3.26. The highest BCUT2D eigenvalue weighted by atomic mass is 16.5. The molecule has 1 aromatic heterocycles. The summed E-state index contributed by atoms with van der Waals surface area (Å²) in [4.78, 5) is 38.5. The highest BCUT2D eigenvalue weighted by molar-refractivity contribution is 5.95. The highest BCUT2D eigenvalue weighted by Crippen LogP contribution is 2.24. The van der Waals surface area contributed by atoms with Gasteiger partial charge in [0, 0.05) is 51.3 Å². The standard InChI is InChI=1S/C25H34N6O4/c1-28(29-15-10-18(11-16-29)30-13-4-3-5-23(30)33)14-12-21-22(17-32)31(27-24(21)25(26)34)19-6-8-20(35-2)9-7-19/h6-9,17-18H,3-5,10-16H2,1-2H3,(H2,26,34). The summed E-state index contributed by atoms with van der Waals surface area (Å²) in [6.45, 7) is 3.20. The number of nitrogens with two attached hydrogens (primary N) is 1. The van der Waals surface area contributed by atoms with Crippen LogP contribution < -0.4 is 10.5 Å². The molecule has 2 aromatic rings. The van der Waals surface area contributed by atoms with Crippen molar-refractivity contribution in [3.05, 3.63) is 41.2 Å². The molecular formula is C25H34N6O4. The molecule has 2 aliphatic rings. The number of hydrazine groups is 1. The number of amides is 2. The quantitative estimate of drug-likeness (QED) is 0.541. The van der Waals surface area contributed by atoms with Crippen molar-refractivity contribution in [2.24, 2.45) is 5.73 Å². The largest absolute Gasteiger partial charge is 0.497 e. The van der Waals surface area contributed by atoms with Crippen LogP contribution in [0, 0.1) is 0 Å². The lowest BCUT2D eigenvalue weighted by molar-refractivity contribution is -0.138. The minimum Gasteiger partial charge on any atom is -0.497 e. The Bertz CT molecular complexity index is 1060. The van der Waals surface area contributed by atoms with Crippen molar-refractivity contribution in [3.63, 3.8) is 0 Å². The first-order chi connectivity index (χ1) is 16.9. The summed E-state index contributed by atoms with van der Waals surface area (Å²) < 4.78 is 6.66. The van der Waals surface area contributed by atoms with Gasteiger partial charge in [-0.25, -0.2) is 14.7 Å². The summed E-state index contributed by atoms with van der Waals surface area (Å²) in [7, 11) is 3.58. The topological polar surface area (TPSA) is 114 Å². The normalized spacial score (nSPS) is 17.7. The van der Waals surface area contributed by atoms with Crippen LogP contribution in [0.1, 0.15) is 58.6 Å². The third-order valence-electron chi connectivity index (χ3n) is 7.10. The number of methoxy groups -OCH3 is 1. The minimum absolute atomic E-state index is 0.110. The van der Waals surface area contributed by atoms with Crippen LogP contribution in [0.15, 0.2) is 24.3 Å². The third kappa shape index (κ3) is 5.38. The molecule has 10 nitrogen and oxygen atoms in total. The van der Waals surface area contributed by atoms with Gasteiger partial charge >= 0.3 is 0 Å². The minimum atomic E-state index is -0.662. The number of benzene rings is 1. The first kappa shape index (κ1) is 24.9. The second-order valence-electron chi connectivity index (χ2n) is 9.16. The van der Waals surface area contributed by atoms with Gasteiger partial charge in [0.25, 0.3) is 5.91 Å². The number of carbonyl (C=O) groups excluding carboxylic acids is 3. The number of aldehydes is 1. The van der Waals surface area contributed by atoms with Gasteiger partial charge in [-0.15, -0.1) is 0 Å². The molecule has 2 N–H and O–H groups in total. The molecule has 0 radical (unpaired) electrons. The maximum atomic E-state index is 12.3. The molecule has 2 aliphatic heterocycles.